The molecule has 0 aliphatic heterocycles. The third-order valence-corrected chi connectivity index (χ3v) is 3.08. The van der Waals surface area contributed by atoms with Crippen molar-refractivity contribution in [2.24, 2.45) is 0 Å². The number of hydrogen-bond acceptors (Lipinski definition) is 2. The van der Waals surface area contributed by atoms with Gasteiger partial charge in [0.2, 0.25) is 0 Å². The molecule has 3 aromatic rings. The maximum atomic E-state index is 6.26. The Hall–Kier alpha value is -2.00. The van der Waals surface area contributed by atoms with E-state index in [2.05, 4.69) is 10.2 Å². The first-order valence-electron chi connectivity index (χ1n) is 5.24. The molecule has 0 saturated heterocycles. The maximum Gasteiger partial charge on any atom is 0.153 e. The van der Waals surface area contributed by atoms with Crippen molar-refractivity contribution in [2.45, 2.75) is 0 Å². The highest BCUT2D eigenvalue weighted by Gasteiger charge is 2.09. The van der Waals surface area contributed by atoms with Crippen LogP contribution < -0.4 is 5.73 Å². The zero-order valence-electron chi connectivity index (χ0n) is 8.94. The molecular weight excluding hydrogens is 234 g/mol. The molecule has 0 aliphatic carbocycles. The number of nitrogens with two attached hydrogens (primary N) is 1. The molecule has 17 heavy (non-hydrogen) atoms. The Bertz CT molecular complexity index is 674. The van der Waals surface area contributed by atoms with Gasteiger partial charge in [0, 0.05) is 10.9 Å². The summed E-state index contributed by atoms with van der Waals surface area (Å²) in [5.41, 5.74) is 8.68. The predicted octanol–water partition coefficient (Wildman–Crippen LogP) is 3.47. The zero-order valence-corrected chi connectivity index (χ0v) is 9.70. The molecule has 0 unspecified atom stereocenters. The largest absolute Gasteiger partial charge is 0.382 e. The van der Waals surface area contributed by atoms with Crippen LogP contribution in [0.25, 0.3) is 22.0 Å². The van der Waals surface area contributed by atoms with Crippen LogP contribution in [0.5, 0.6) is 0 Å². The van der Waals surface area contributed by atoms with Crippen molar-refractivity contribution < 1.29 is 0 Å². The van der Waals surface area contributed by atoms with E-state index in [0.29, 0.717) is 10.8 Å². The normalized spacial score (nSPS) is 10.9. The first kappa shape index (κ1) is 10.2. The fourth-order valence-electron chi connectivity index (χ4n) is 1.90. The van der Waals surface area contributed by atoms with E-state index in [1.165, 1.54) is 0 Å². The summed E-state index contributed by atoms with van der Waals surface area (Å²) >= 11 is 6.26. The Morgan fingerprint density at radius 1 is 1.12 bits per heavy atom. The van der Waals surface area contributed by atoms with Crippen LogP contribution >= 0.6 is 11.6 Å². The molecule has 1 aromatic heterocycles. The first-order valence-corrected chi connectivity index (χ1v) is 5.62. The van der Waals surface area contributed by atoms with Crippen molar-refractivity contribution in [1.29, 1.82) is 0 Å². The first-order chi connectivity index (χ1) is 8.25. The molecule has 3 rings (SSSR count). The SMILES string of the molecule is Nc1n[nH]c2cc(Cl)c(-c3ccccc3)cc12. The van der Waals surface area contributed by atoms with E-state index >= 15 is 0 Å². The minimum Gasteiger partial charge on any atom is -0.382 e. The van der Waals surface area contributed by atoms with Gasteiger partial charge in [-0.05, 0) is 17.7 Å². The summed E-state index contributed by atoms with van der Waals surface area (Å²) in [7, 11) is 0. The van der Waals surface area contributed by atoms with Crippen LogP contribution in [0.2, 0.25) is 5.02 Å². The topological polar surface area (TPSA) is 54.7 Å². The molecule has 3 nitrogen and oxygen atoms in total. The smallest absolute Gasteiger partial charge is 0.153 e. The molecule has 0 spiro atoms. The van der Waals surface area contributed by atoms with E-state index in [-0.39, 0.29) is 0 Å². The number of aromatic amines is 1. The van der Waals surface area contributed by atoms with Gasteiger partial charge in [0.25, 0.3) is 0 Å². The molecule has 0 amide bonds. The van der Waals surface area contributed by atoms with Crippen LogP contribution in [0.3, 0.4) is 0 Å². The number of benzene rings is 2. The Labute approximate surface area is 103 Å². The third-order valence-electron chi connectivity index (χ3n) is 2.76. The highest BCUT2D eigenvalue weighted by atomic mass is 35.5. The van der Waals surface area contributed by atoms with E-state index in [9.17, 15) is 0 Å². The number of H-pyrrole nitrogens is 1. The Morgan fingerprint density at radius 3 is 2.65 bits per heavy atom. The summed E-state index contributed by atoms with van der Waals surface area (Å²) in [6.07, 6.45) is 0. The number of rotatable bonds is 1. The van der Waals surface area contributed by atoms with Gasteiger partial charge in [-0.25, -0.2) is 0 Å². The lowest BCUT2D eigenvalue weighted by molar-refractivity contribution is 1.13. The van der Waals surface area contributed by atoms with Crippen LogP contribution in [-0.4, -0.2) is 10.2 Å². The molecule has 3 N–H and O–H groups in total. The fraction of sp³-hybridized carbons (Fsp3) is 0. The Kier molecular flexibility index (Phi) is 2.27. The predicted molar refractivity (Wildman–Crippen MR) is 71.0 cm³/mol. The van der Waals surface area contributed by atoms with E-state index < -0.39 is 0 Å². The second-order valence-corrected chi connectivity index (χ2v) is 4.26. The van der Waals surface area contributed by atoms with Gasteiger partial charge in [-0.1, -0.05) is 41.9 Å². The molecule has 0 saturated carbocycles. The average Bonchev–Trinajstić information content (AvgIpc) is 2.70. The third kappa shape index (κ3) is 1.65. The summed E-state index contributed by atoms with van der Waals surface area (Å²) < 4.78 is 0. The van der Waals surface area contributed by atoms with Crippen molar-refractivity contribution in [3.8, 4) is 11.1 Å². The number of nitrogens with zero attached hydrogens (tertiary/aromatic N) is 1. The van der Waals surface area contributed by atoms with E-state index in [0.717, 1.165) is 22.0 Å². The average molecular weight is 244 g/mol. The van der Waals surface area contributed by atoms with Crippen LogP contribution in [0.15, 0.2) is 42.5 Å². The molecule has 0 fully saturated rings. The number of nitrogens with one attached hydrogen (secondary N) is 1. The van der Waals surface area contributed by atoms with E-state index in [1.54, 1.807) is 0 Å². The van der Waals surface area contributed by atoms with Gasteiger partial charge in [-0.3, -0.25) is 5.10 Å². The molecular formula is C13H10ClN3. The van der Waals surface area contributed by atoms with Gasteiger partial charge in [0.1, 0.15) is 0 Å². The van der Waals surface area contributed by atoms with Gasteiger partial charge >= 0.3 is 0 Å². The van der Waals surface area contributed by atoms with Gasteiger partial charge in [-0.2, -0.15) is 5.10 Å². The summed E-state index contributed by atoms with van der Waals surface area (Å²) in [6, 6.07) is 13.8. The van der Waals surface area contributed by atoms with E-state index in [4.69, 9.17) is 17.3 Å². The molecule has 1 heterocycles. The molecule has 0 radical (unpaired) electrons. The summed E-state index contributed by atoms with van der Waals surface area (Å²) in [4.78, 5) is 0. The van der Waals surface area contributed by atoms with Crippen LogP contribution in [-0.2, 0) is 0 Å². The second-order valence-electron chi connectivity index (χ2n) is 3.85. The van der Waals surface area contributed by atoms with Gasteiger partial charge < -0.3 is 5.73 Å². The Morgan fingerprint density at radius 2 is 1.88 bits per heavy atom. The van der Waals surface area contributed by atoms with Crippen LogP contribution in [0, 0.1) is 0 Å². The lowest BCUT2D eigenvalue weighted by atomic mass is 10.0. The highest BCUT2D eigenvalue weighted by Crippen LogP contribution is 2.32. The fourth-order valence-corrected chi connectivity index (χ4v) is 2.17. The van der Waals surface area contributed by atoms with Crippen molar-refractivity contribution in [3.63, 3.8) is 0 Å². The van der Waals surface area contributed by atoms with Crippen LogP contribution in [0.1, 0.15) is 0 Å². The number of aromatic nitrogens is 2. The number of hydrogen-bond donors (Lipinski definition) is 2. The Balaban J connectivity index is 2.29. The molecule has 84 valence electrons. The van der Waals surface area contributed by atoms with Crippen molar-refractivity contribution in [3.05, 3.63) is 47.5 Å². The minimum atomic E-state index is 0.494. The minimum absolute atomic E-state index is 0.494. The molecule has 4 heteroatoms. The van der Waals surface area contributed by atoms with Gasteiger partial charge in [-0.15, -0.1) is 0 Å². The van der Waals surface area contributed by atoms with Crippen molar-refractivity contribution in [1.82, 2.24) is 10.2 Å². The molecule has 2 aromatic carbocycles. The number of nitrogen functional groups attached to an aromatic ring is 1. The summed E-state index contributed by atoms with van der Waals surface area (Å²) in [6.45, 7) is 0. The van der Waals surface area contributed by atoms with Crippen LogP contribution in [0.4, 0.5) is 5.82 Å². The lowest BCUT2D eigenvalue weighted by Crippen LogP contribution is -1.85. The lowest BCUT2D eigenvalue weighted by Gasteiger charge is -2.04. The summed E-state index contributed by atoms with van der Waals surface area (Å²) in [5.74, 6) is 0.494. The maximum absolute atomic E-state index is 6.26. The second kappa shape index (κ2) is 3.79. The monoisotopic (exact) mass is 243 g/mol. The number of halogens is 1. The number of anilines is 1. The quantitative estimate of drug-likeness (QED) is 0.688. The summed E-state index contributed by atoms with van der Waals surface area (Å²) in [5, 5.41) is 8.40. The number of fused-ring (bicyclic) bond motifs is 1. The zero-order chi connectivity index (χ0) is 11.8. The highest BCUT2D eigenvalue weighted by molar-refractivity contribution is 6.34. The van der Waals surface area contributed by atoms with Crippen molar-refractivity contribution in [2.75, 3.05) is 5.73 Å². The molecule has 0 bridgehead atoms. The van der Waals surface area contributed by atoms with Crippen molar-refractivity contribution >= 4 is 28.3 Å². The molecule has 0 aliphatic rings. The van der Waals surface area contributed by atoms with Gasteiger partial charge in [0.15, 0.2) is 5.82 Å². The molecule has 0 atom stereocenters. The van der Waals surface area contributed by atoms with E-state index in [1.807, 2.05) is 42.5 Å². The standard InChI is InChI=1S/C13H10ClN3/c14-11-7-12-10(13(15)17-16-12)6-9(11)8-4-2-1-3-5-8/h1-7H,(H3,15,16,17). The van der Waals surface area contributed by atoms with Gasteiger partial charge in [0.05, 0.1) is 10.5 Å².